The highest BCUT2D eigenvalue weighted by Crippen LogP contribution is 2.19. The maximum Gasteiger partial charge on any atom is 0.319 e. The van der Waals surface area contributed by atoms with Gasteiger partial charge >= 0.3 is 6.03 Å². The molecule has 4 nitrogen and oxygen atoms in total. The lowest BCUT2D eigenvalue weighted by Crippen LogP contribution is -2.32. The van der Waals surface area contributed by atoms with Crippen LogP contribution in [0, 0.1) is 5.82 Å². The van der Waals surface area contributed by atoms with Crippen molar-refractivity contribution in [3.8, 4) is 0 Å². The minimum Gasteiger partial charge on any atom is -0.387 e. The summed E-state index contributed by atoms with van der Waals surface area (Å²) in [5, 5.41) is 18.4. The Morgan fingerprint density at radius 3 is 2.90 bits per heavy atom. The monoisotopic (exact) mass is 314 g/mol. The molecule has 2 rings (SSSR count). The van der Waals surface area contributed by atoms with Gasteiger partial charge < -0.3 is 15.7 Å². The number of aliphatic hydroxyl groups is 1. The van der Waals surface area contributed by atoms with Crippen LogP contribution in [0.2, 0.25) is 5.02 Å². The van der Waals surface area contributed by atoms with E-state index in [1.165, 1.54) is 23.5 Å². The fraction of sp³-hybridized carbons (Fsp3) is 0.154. The summed E-state index contributed by atoms with van der Waals surface area (Å²) in [4.78, 5) is 11.6. The van der Waals surface area contributed by atoms with Crippen molar-refractivity contribution < 1.29 is 14.3 Å². The number of hydrogen-bond donors (Lipinski definition) is 3. The Kier molecular flexibility index (Phi) is 4.94. The fourth-order valence-corrected chi connectivity index (χ4v) is 2.35. The van der Waals surface area contributed by atoms with Crippen molar-refractivity contribution in [2.45, 2.75) is 6.10 Å². The molecular formula is C13H12ClFN2O2S. The SMILES string of the molecule is O=C(NC[C@H](O)c1ccsc1)Nc1ccc(Cl)c(F)c1. The molecule has 0 aliphatic heterocycles. The molecule has 0 radical (unpaired) electrons. The number of urea groups is 1. The molecule has 0 saturated carbocycles. The molecular weight excluding hydrogens is 303 g/mol. The van der Waals surface area contributed by atoms with Gasteiger partial charge in [-0.15, -0.1) is 0 Å². The van der Waals surface area contributed by atoms with E-state index >= 15 is 0 Å². The van der Waals surface area contributed by atoms with Gasteiger partial charge in [0, 0.05) is 12.2 Å². The van der Waals surface area contributed by atoms with Gasteiger partial charge in [-0.2, -0.15) is 11.3 Å². The topological polar surface area (TPSA) is 61.4 Å². The lowest BCUT2D eigenvalue weighted by atomic mass is 10.2. The van der Waals surface area contributed by atoms with Gasteiger partial charge in [0.2, 0.25) is 0 Å². The number of nitrogens with one attached hydrogen (secondary N) is 2. The number of benzene rings is 1. The summed E-state index contributed by atoms with van der Waals surface area (Å²) in [5.41, 5.74) is 1.03. The average Bonchev–Trinajstić information content (AvgIpc) is 2.94. The fourth-order valence-electron chi connectivity index (χ4n) is 1.52. The molecule has 106 valence electrons. The molecule has 0 bridgehead atoms. The van der Waals surface area contributed by atoms with E-state index in [1.807, 2.05) is 5.38 Å². The summed E-state index contributed by atoms with van der Waals surface area (Å²) in [7, 11) is 0. The van der Waals surface area contributed by atoms with Crippen LogP contribution < -0.4 is 10.6 Å². The Bertz CT molecular complexity index is 592. The standard InChI is InChI=1S/C13H12ClFN2O2S/c14-10-2-1-9(5-11(10)15)17-13(19)16-6-12(18)8-3-4-20-7-8/h1-5,7,12,18H,6H2,(H2,16,17,19)/t12-/m0/s1. The molecule has 2 aromatic rings. The molecule has 0 spiro atoms. The number of anilines is 1. The number of halogens is 2. The Hall–Kier alpha value is -1.63. The molecule has 2 amide bonds. The minimum atomic E-state index is -0.769. The third-order valence-electron chi connectivity index (χ3n) is 2.56. The van der Waals surface area contributed by atoms with Crippen molar-refractivity contribution in [1.29, 1.82) is 0 Å². The van der Waals surface area contributed by atoms with E-state index in [0.29, 0.717) is 0 Å². The van der Waals surface area contributed by atoms with Crippen LogP contribution in [-0.2, 0) is 0 Å². The van der Waals surface area contributed by atoms with E-state index in [1.54, 1.807) is 11.4 Å². The third kappa shape index (κ3) is 3.93. The highest BCUT2D eigenvalue weighted by Gasteiger charge is 2.10. The lowest BCUT2D eigenvalue weighted by molar-refractivity contribution is 0.175. The molecule has 1 heterocycles. The van der Waals surface area contributed by atoms with E-state index in [2.05, 4.69) is 10.6 Å². The Balaban J connectivity index is 1.85. The van der Waals surface area contributed by atoms with Crippen LogP contribution in [0.5, 0.6) is 0 Å². The van der Waals surface area contributed by atoms with Gasteiger partial charge in [-0.1, -0.05) is 11.6 Å². The Morgan fingerprint density at radius 1 is 1.45 bits per heavy atom. The van der Waals surface area contributed by atoms with E-state index in [4.69, 9.17) is 11.6 Å². The highest BCUT2D eigenvalue weighted by molar-refractivity contribution is 7.07. The van der Waals surface area contributed by atoms with Crippen molar-refractivity contribution in [2.24, 2.45) is 0 Å². The van der Waals surface area contributed by atoms with Crippen molar-refractivity contribution in [2.75, 3.05) is 11.9 Å². The first kappa shape index (κ1) is 14.8. The largest absolute Gasteiger partial charge is 0.387 e. The van der Waals surface area contributed by atoms with Crippen LogP contribution in [0.3, 0.4) is 0 Å². The first-order valence-electron chi connectivity index (χ1n) is 5.76. The van der Waals surface area contributed by atoms with E-state index in [9.17, 15) is 14.3 Å². The van der Waals surface area contributed by atoms with Crippen LogP contribution in [0.1, 0.15) is 11.7 Å². The van der Waals surface area contributed by atoms with Gasteiger partial charge in [0.1, 0.15) is 5.82 Å². The second kappa shape index (κ2) is 6.69. The maximum atomic E-state index is 13.2. The summed E-state index contributed by atoms with van der Waals surface area (Å²) in [5.74, 6) is -0.609. The molecule has 7 heteroatoms. The predicted molar refractivity (Wildman–Crippen MR) is 77.7 cm³/mol. The van der Waals surface area contributed by atoms with Gasteiger partial charge in [0.25, 0.3) is 0 Å². The zero-order valence-corrected chi connectivity index (χ0v) is 11.8. The number of carbonyl (C=O) groups excluding carboxylic acids is 1. The molecule has 20 heavy (non-hydrogen) atoms. The van der Waals surface area contributed by atoms with Crippen LogP contribution in [0.15, 0.2) is 35.0 Å². The number of rotatable bonds is 4. The zero-order chi connectivity index (χ0) is 14.5. The molecule has 1 aromatic carbocycles. The molecule has 0 fully saturated rings. The summed E-state index contributed by atoms with van der Waals surface area (Å²) in [6.07, 6.45) is -0.769. The lowest BCUT2D eigenvalue weighted by Gasteiger charge is -2.11. The number of carbonyl (C=O) groups is 1. The molecule has 0 aliphatic rings. The number of thiophene rings is 1. The predicted octanol–water partition coefficient (Wildman–Crippen LogP) is 3.40. The van der Waals surface area contributed by atoms with Gasteiger partial charge in [-0.25, -0.2) is 9.18 Å². The molecule has 0 unspecified atom stereocenters. The first-order valence-corrected chi connectivity index (χ1v) is 7.08. The van der Waals surface area contributed by atoms with Crippen molar-refractivity contribution >= 4 is 34.7 Å². The molecule has 0 saturated heterocycles. The summed E-state index contributed by atoms with van der Waals surface area (Å²) in [6.45, 7) is 0.0681. The van der Waals surface area contributed by atoms with Crippen LogP contribution >= 0.6 is 22.9 Å². The normalized spacial score (nSPS) is 11.9. The second-order valence-corrected chi connectivity index (χ2v) is 5.22. The van der Waals surface area contributed by atoms with Crippen LogP contribution in [-0.4, -0.2) is 17.7 Å². The highest BCUT2D eigenvalue weighted by atomic mass is 35.5. The minimum absolute atomic E-state index is 0.0103. The first-order chi connectivity index (χ1) is 9.56. The second-order valence-electron chi connectivity index (χ2n) is 4.04. The van der Waals surface area contributed by atoms with E-state index in [0.717, 1.165) is 11.6 Å². The smallest absolute Gasteiger partial charge is 0.319 e. The quantitative estimate of drug-likeness (QED) is 0.810. The van der Waals surface area contributed by atoms with Crippen LogP contribution in [0.4, 0.5) is 14.9 Å². The average molecular weight is 315 g/mol. The van der Waals surface area contributed by atoms with Gasteiger partial charge in [-0.05, 0) is 40.6 Å². The Labute approximate surface area is 124 Å². The Morgan fingerprint density at radius 2 is 2.25 bits per heavy atom. The van der Waals surface area contributed by atoms with Crippen molar-refractivity contribution in [3.63, 3.8) is 0 Å². The zero-order valence-electron chi connectivity index (χ0n) is 10.3. The van der Waals surface area contributed by atoms with E-state index < -0.39 is 18.0 Å². The molecule has 0 aliphatic carbocycles. The number of hydrogen-bond acceptors (Lipinski definition) is 3. The number of aliphatic hydroxyl groups excluding tert-OH is 1. The van der Waals surface area contributed by atoms with Crippen molar-refractivity contribution in [3.05, 3.63) is 51.4 Å². The summed E-state index contributed by atoms with van der Waals surface area (Å²) < 4.78 is 13.2. The van der Waals surface area contributed by atoms with Crippen LogP contribution in [0.25, 0.3) is 0 Å². The summed E-state index contributed by atoms with van der Waals surface area (Å²) >= 11 is 7.01. The van der Waals surface area contributed by atoms with Gasteiger partial charge in [0.15, 0.2) is 0 Å². The summed E-state index contributed by atoms with van der Waals surface area (Å²) in [6, 6.07) is 5.22. The third-order valence-corrected chi connectivity index (χ3v) is 3.57. The maximum absolute atomic E-state index is 13.2. The van der Waals surface area contributed by atoms with E-state index in [-0.39, 0.29) is 17.3 Å². The molecule has 1 aromatic heterocycles. The van der Waals surface area contributed by atoms with Gasteiger partial charge in [-0.3, -0.25) is 0 Å². The van der Waals surface area contributed by atoms with Crippen molar-refractivity contribution in [1.82, 2.24) is 5.32 Å². The molecule has 1 atom stereocenters. The molecule has 3 N–H and O–H groups in total. The van der Waals surface area contributed by atoms with Gasteiger partial charge in [0.05, 0.1) is 11.1 Å². The number of amides is 2.